The maximum absolute atomic E-state index is 12.3. The van der Waals surface area contributed by atoms with Gasteiger partial charge in [-0.3, -0.25) is 4.98 Å². The Bertz CT molecular complexity index is 1100. The van der Waals surface area contributed by atoms with Crippen molar-refractivity contribution in [1.82, 2.24) is 19.7 Å². The minimum Gasteiger partial charge on any atom is -0.594 e. The minimum absolute atomic E-state index is 0.0788. The molecular weight excluding hydrogens is 346 g/mol. The first-order chi connectivity index (χ1) is 12.1. The van der Waals surface area contributed by atoms with Gasteiger partial charge in [-0.25, -0.2) is 9.31 Å². The fraction of sp³-hybridized carbons (Fsp3) is 0.0625. The molecular formula is C16H10ClN5O3. The number of hydrogen-bond donors (Lipinski definition) is 0. The van der Waals surface area contributed by atoms with Crippen LogP contribution in [0, 0.1) is 5.21 Å². The molecule has 0 saturated heterocycles. The number of aromatic nitrogens is 5. The number of nitrogens with zero attached hydrogens (tertiary/aromatic N) is 5. The van der Waals surface area contributed by atoms with Crippen LogP contribution in [0.2, 0.25) is 5.02 Å². The third-order valence-corrected chi connectivity index (χ3v) is 3.88. The van der Waals surface area contributed by atoms with Gasteiger partial charge in [0.15, 0.2) is 0 Å². The Hall–Kier alpha value is -3.26. The Morgan fingerprint density at radius 3 is 2.88 bits per heavy atom. The van der Waals surface area contributed by atoms with E-state index in [1.165, 1.54) is 10.7 Å². The highest BCUT2D eigenvalue weighted by Gasteiger charge is 2.21. The number of carbonyl (C=O) groups is 1. The second-order valence-corrected chi connectivity index (χ2v) is 5.67. The Morgan fingerprint density at radius 2 is 2.08 bits per heavy atom. The molecule has 0 amide bonds. The van der Waals surface area contributed by atoms with Crippen LogP contribution in [0.5, 0.6) is 0 Å². The Labute approximate surface area is 145 Å². The van der Waals surface area contributed by atoms with Crippen LogP contribution in [0.4, 0.5) is 0 Å². The lowest BCUT2D eigenvalue weighted by atomic mass is 10.3. The second-order valence-electron chi connectivity index (χ2n) is 5.23. The van der Waals surface area contributed by atoms with Gasteiger partial charge in [-0.2, -0.15) is 5.10 Å². The van der Waals surface area contributed by atoms with Gasteiger partial charge in [0.1, 0.15) is 17.7 Å². The number of rotatable bonds is 3. The summed E-state index contributed by atoms with van der Waals surface area (Å²) in [6.45, 7) is 0.0788. The summed E-state index contributed by atoms with van der Waals surface area (Å²) in [4.78, 5) is 16.7. The average Bonchev–Trinajstić information content (AvgIpc) is 3.04. The van der Waals surface area contributed by atoms with Crippen molar-refractivity contribution in [3.8, 4) is 0 Å². The third kappa shape index (κ3) is 2.72. The monoisotopic (exact) mass is 355 g/mol. The van der Waals surface area contributed by atoms with E-state index >= 15 is 0 Å². The van der Waals surface area contributed by atoms with E-state index in [1.54, 1.807) is 42.7 Å². The van der Waals surface area contributed by atoms with E-state index in [1.807, 2.05) is 0 Å². The van der Waals surface area contributed by atoms with Crippen molar-refractivity contribution in [2.45, 2.75) is 6.61 Å². The molecule has 3 heterocycles. The molecule has 4 aromatic rings. The van der Waals surface area contributed by atoms with Crippen LogP contribution in [0.15, 0.2) is 48.9 Å². The van der Waals surface area contributed by atoms with Gasteiger partial charge in [0.05, 0.1) is 6.20 Å². The summed E-state index contributed by atoms with van der Waals surface area (Å²) < 4.78 is 6.65. The zero-order valence-corrected chi connectivity index (χ0v) is 13.4. The molecule has 1 aromatic carbocycles. The largest absolute Gasteiger partial charge is 0.594 e. The first kappa shape index (κ1) is 15.3. The van der Waals surface area contributed by atoms with Crippen molar-refractivity contribution in [2.24, 2.45) is 0 Å². The summed E-state index contributed by atoms with van der Waals surface area (Å²) in [6.07, 6.45) is 4.53. The van der Waals surface area contributed by atoms with Gasteiger partial charge in [-0.1, -0.05) is 11.6 Å². The van der Waals surface area contributed by atoms with Gasteiger partial charge in [0.25, 0.3) is 5.52 Å². The van der Waals surface area contributed by atoms with Crippen LogP contribution in [0.3, 0.4) is 0 Å². The molecule has 4 rings (SSSR count). The van der Waals surface area contributed by atoms with E-state index in [9.17, 15) is 10.0 Å². The Balaban J connectivity index is 1.73. The van der Waals surface area contributed by atoms with Crippen molar-refractivity contribution in [2.75, 3.05) is 0 Å². The Morgan fingerprint density at radius 1 is 1.28 bits per heavy atom. The predicted molar refractivity (Wildman–Crippen MR) is 87.8 cm³/mol. The van der Waals surface area contributed by atoms with Gasteiger partial charge in [0, 0.05) is 28.6 Å². The molecule has 0 N–H and O–H groups in total. The standard InChI is InChI=1S/C16H10ClN5O3/c17-11-1-2-13-14(7-11)21-15(20-22(13)24)12(8-19-21)16(23)25-9-10-3-5-18-6-4-10/h1-8H,9H2. The number of hydrogen-bond acceptors (Lipinski definition) is 6. The quantitative estimate of drug-likeness (QED) is 0.316. The molecule has 0 unspecified atom stereocenters. The molecule has 0 spiro atoms. The SMILES string of the molecule is O=C(OCc1ccncc1)c1cnn2c1n[n+]([O-])c1ccc(Cl)cc12. The number of esters is 1. The number of halogens is 1. The van der Waals surface area contributed by atoms with E-state index in [0.29, 0.717) is 15.4 Å². The summed E-state index contributed by atoms with van der Waals surface area (Å²) in [5.41, 5.74) is 1.73. The molecule has 0 aliphatic rings. The van der Waals surface area contributed by atoms with Crippen molar-refractivity contribution in [1.29, 1.82) is 0 Å². The summed E-state index contributed by atoms with van der Waals surface area (Å²) in [6, 6.07) is 8.18. The molecule has 0 aliphatic heterocycles. The first-order valence-corrected chi connectivity index (χ1v) is 7.64. The van der Waals surface area contributed by atoms with Crippen molar-refractivity contribution in [3.05, 3.63) is 70.3 Å². The molecule has 8 nitrogen and oxygen atoms in total. The molecule has 124 valence electrons. The third-order valence-electron chi connectivity index (χ3n) is 3.64. The van der Waals surface area contributed by atoms with Crippen LogP contribution in [0.1, 0.15) is 15.9 Å². The average molecular weight is 356 g/mol. The summed E-state index contributed by atoms with van der Waals surface area (Å²) in [7, 11) is 0. The highest BCUT2D eigenvalue weighted by molar-refractivity contribution is 6.31. The number of ether oxygens (including phenoxy) is 1. The van der Waals surface area contributed by atoms with E-state index in [0.717, 1.165) is 5.56 Å². The van der Waals surface area contributed by atoms with Gasteiger partial charge in [-0.15, -0.1) is 0 Å². The highest BCUT2D eigenvalue weighted by atomic mass is 35.5. The topological polar surface area (TPSA) is 96.3 Å². The zero-order chi connectivity index (χ0) is 17.4. The van der Waals surface area contributed by atoms with Gasteiger partial charge in [0.2, 0.25) is 5.65 Å². The van der Waals surface area contributed by atoms with E-state index in [-0.39, 0.29) is 23.3 Å². The van der Waals surface area contributed by atoms with Crippen LogP contribution in [0.25, 0.3) is 16.7 Å². The smallest absolute Gasteiger partial charge is 0.344 e. The molecule has 0 radical (unpaired) electrons. The number of benzene rings is 1. The van der Waals surface area contributed by atoms with Crippen LogP contribution >= 0.6 is 11.6 Å². The van der Waals surface area contributed by atoms with Crippen molar-refractivity contribution >= 4 is 34.3 Å². The lowest BCUT2D eigenvalue weighted by Crippen LogP contribution is -2.33. The van der Waals surface area contributed by atoms with Crippen LogP contribution in [-0.4, -0.2) is 25.7 Å². The molecule has 9 heteroatoms. The second kappa shape index (κ2) is 5.99. The maximum Gasteiger partial charge on any atom is 0.344 e. The van der Waals surface area contributed by atoms with Crippen LogP contribution < -0.4 is 4.85 Å². The van der Waals surface area contributed by atoms with Gasteiger partial charge >= 0.3 is 5.97 Å². The summed E-state index contributed by atoms with van der Waals surface area (Å²) in [5, 5.41) is 20.6. The van der Waals surface area contributed by atoms with Gasteiger partial charge in [-0.05, 0) is 34.7 Å². The lowest BCUT2D eigenvalue weighted by Gasteiger charge is -2.04. The number of carbonyl (C=O) groups excluding carboxylic acids is 1. The van der Waals surface area contributed by atoms with E-state index in [4.69, 9.17) is 16.3 Å². The summed E-state index contributed by atoms with van der Waals surface area (Å²) in [5.74, 6) is -0.624. The van der Waals surface area contributed by atoms with E-state index < -0.39 is 5.97 Å². The maximum atomic E-state index is 12.3. The summed E-state index contributed by atoms with van der Waals surface area (Å²) >= 11 is 5.99. The molecule has 0 bridgehead atoms. The highest BCUT2D eigenvalue weighted by Crippen LogP contribution is 2.19. The normalized spacial score (nSPS) is 11.1. The molecule has 0 fully saturated rings. The number of pyridine rings is 1. The number of fused-ring (bicyclic) bond motifs is 3. The van der Waals surface area contributed by atoms with Crippen LogP contribution in [-0.2, 0) is 11.3 Å². The fourth-order valence-electron chi connectivity index (χ4n) is 2.43. The molecule has 0 aliphatic carbocycles. The van der Waals surface area contributed by atoms with Crippen molar-refractivity contribution < 1.29 is 14.4 Å². The van der Waals surface area contributed by atoms with Gasteiger partial charge < -0.3 is 9.94 Å². The van der Waals surface area contributed by atoms with E-state index in [2.05, 4.69) is 15.2 Å². The lowest BCUT2D eigenvalue weighted by molar-refractivity contribution is -0.640. The molecule has 0 saturated carbocycles. The Kier molecular flexibility index (Phi) is 3.66. The molecule has 0 atom stereocenters. The molecule has 25 heavy (non-hydrogen) atoms. The predicted octanol–water partition coefficient (Wildman–Crippen LogP) is 1.92. The molecule has 3 aromatic heterocycles. The minimum atomic E-state index is -0.624. The zero-order valence-electron chi connectivity index (χ0n) is 12.7. The van der Waals surface area contributed by atoms with Crippen molar-refractivity contribution in [3.63, 3.8) is 0 Å². The fourth-order valence-corrected chi connectivity index (χ4v) is 2.60. The first-order valence-electron chi connectivity index (χ1n) is 7.26.